The molecule has 0 heterocycles. The van der Waals surface area contributed by atoms with Crippen molar-refractivity contribution in [1.82, 2.24) is 5.32 Å². The van der Waals surface area contributed by atoms with Crippen LogP contribution in [-0.4, -0.2) is 19.3 Å². The lowest BCUT2D eigenvalue weighted by atomic mass is 10.1. The van der Waals surface area contributed by atoms with Gasteiger partial charge in [0.25, 0.3) is 0 Å². The Morgan fingerprint density at radius 1 is 1.67 bits per heavy atom. The highest BCUT2D eigenvalue weighted by atomic mass is 19.1. The summed E-state index contributed by atoms with van der Waals surface area (Å²) in [6.07, 6.45) is 3.54. The van der Waals surface area contributed by atoms with Crippen LogP contribution in [0.1, 0.15) is 20.3 Å². The standard InChI is InChI=1S/C10H18FN/c1-4-6-10(9(3)11)8-12-7-5-2/h4,6,9,12H,1,5,7-8H2,2-3H3/b10-6-. The van der Waals surface area contributed by atoms with E-state index in [1.165, 1.54) is 0 Å². The average molecular weight is 171 g/mol. The largest absolute Gasteiger partial charge is 0.313 e. The van der Waals surface area contributed by atoms with Gasteiger partial charge in [0.2, 0.25) is 0 Å². The van der Waals surface area contributed by atoms with Gasteiger partial charge in [-0.05, 0) is 25.5 Å². The van der Waals surface area contributed by atoms with Crippen molar-refractivity contribution >= 4 is 0 Å². The van der Waals surface area contributed by atoms with Gasteiger partial charge in [0.05, 0.1) is 0 Å². The van der Waals surface area contributed by atoms with E-state index in [0.717, 1.165) is 18.5 Å². The maximum atomic E-state index is 12.8. The summed E-state index contributed by atoms with van der Waals surface area (Å²) in [6, 6.07) is 0. The third-order valence-electron chi connectivity index (χ3n) is 1.60. The molecule has 0 saturated carbocycles. The number of alkyl halides is 1. The van der Waals surface area contributed by atoms with Crippen LogP contribution in [0, 0.1) is 0 Å². The molecule has 0 rings (SSSR count). The van der Waals surface area contributed by atoms with Crippen LogP contribution >= 0.6 is 0 Å². The van der Waals surface area contributed by atoms with Gasteiger partial charge in [-0.25, -0.2) is 4.39 Å². The maximum absolute atomic E-state index is 12.8. The first-order chi connectivity index (χ1) is 5.72. The van der Waals surface area contributed by atoms with Crippen molar-refractivity contribution in [1.29, 1.82) is 0 Å². The average Bonchev–Trinajstić information content (AvgIpc) is 2.03. The monoisotopic (exact) mass is 171 g/mol. The van der Waals surface area contributed by atoms with Crippen molar-refractivity contribution < 1.29 is 4.39 Å². The Morgan fingerprint density at radius 2 is 2.33 bits per heavy atom. The van der Waals surface area contributed by atoms with Crippen molar-refractivity contribution in [2.24, 2.45) is 0 Å². The molecule has 0 spiro atoms. The van der Waals surface area contributed by atoms with E-state index in [4.69, 9.17) is 0 Å². The van der Waals surface area contributed by atoms with E-state index in [0.29, 0.717) is 6.54 Å². The molecule has 0 aromatic heterocycles. The summed E-state index contributed by atoms with van der Waals surface area (Å²) in [4.78, 5) is 0. The van der Waals surface area contributed by atoms with Crippen LogP contribution in [0.2, 0.25) is 0 Å². The van der Waals surface area contributed by atoms with E-state index in [1.54, 1.807) is 19.1 Å². The SMILES string of the molecule is C=C/C=C(/CNCCC)C(C)F. The summed E-state index contributed by atoms with van der Waals surface area (Å²) in [5.41, 5.74) is 0.762. The van der Waals surface area contributed by atoms with E-state index >= 15 is 0 Å². The highest BCUT2D eigenvalue weighted by Gasteiger charge is 2.04. The van der Waals surface area contributed by atoms with Gasteiger partial charge in [0.15, 0.2) is 0 Å². The van der Waals surface area contributed by atoms with Gasteiger partial charge in [0, 0.05) is 6.54 Å². The topological polar surface area (TPSA) is 12.0 Å². The van der Waals surface area contributed by atoms with Crippen molar-refractivity contribution in [2.45, 2.75) is 26.4 Å². The smallest absolute Gasteiger partial charge is 0.120 e. The lowest BCUT2D eigenvalue weighted by molar-refractivity contribution is 0.402. The molecule has 0 saturated heterocycles. The molecule has 1 atom stereocenters. The molecule has 1 N–H and O–H groups in total. The highest BCUT2D eigenvalue weighted by molar-refractivity contribution is 5.15. The van der Waals surface area contributed by atoms with Crippen molar-refractivity contribution in [3.05, 3.63) is 24.3 Å². The Bertz CT molecular complexity index is 150. The first-order valence-electron chi connectivity index (χ1n) is 4.38. The number of allylic oxidation sites excluding steroid dienone is 2. The molecule has 0 aliphatic rings. The number of halogens is 1. The lowest BCUT2D eigenvalue weighted by Gasteiger charge is -2.08. The predicted octanol–water partition coefficient (Wildman–Crippen LogP) is 2.46. The van der Waals surface area contributed by atoms with Crippen molar-refractivity contribution in [3.8, 4) is 0 Å². The minimum atomic E-state index is -0.882. The van der Waals surface area contributed by atoms with E-state index in [9.17, 15) is 4.39 Å². The summed E-state index contributed by atoms with van der Waals surface area (Å²) in [5.74, 6) is 0. The molecule has 0 radical (unpaired) electrons. The highest BCUT2D eigenvalue weighted by Crippen LogP contribution is 2.04. The van der Waals surface area contributed by atoms with Gasteiger partial charge >= 0.3 is 0 Å². The van der Waals surface area contributed by atoms with Crippen LogP contribution < -0.4 is 5.32 Å². The van der Waals surface area contributed by atoms with Crippen LogP contribution in [0.15, 0.2) is 24.3 Å². The normalized spacial score (nSPS) is 14.4. The Hall–Kier alpha value is -0.630. The van der Waals surface area contributed by atoms with Crippen LogP contribution in [0.4, 0.5) is 4.39 Å². The fourth-order valence-electron chi connectivity index (χ4n) is 0.893. The minimum absolute atomic E-state index is 0.623. The molecule has 0 aliphatic heterocycles. The predicted molar refractivity (Wildman–Crippen MR) is 52.0 cm³/mol. The Labute approximate surface area is 74.4 Å². The number of nitrogens with one attached hydrogen (secondary N) is 1. The summed E-state index contributed by atoms with van der Waals surface area (Å²) >= 11 is 0. The van der Waals surface area contributed by atoms with E-state index in [-0.39, 0.29) is 0 Å². The number of hydrogen-bond acceptors (Lipinski definition) is 1. The van der Waals surface area contributed by atoms with Crippen LogP contribution in [0.5, 0.6) is 0 Å². The summed E-state index contributed by atoms with van der Waals surface area (Å²) in [5, 5.41) is 3.15. The minimum Gasteiger partial charge on any atom is -0.313 e. The fraction of sp³-hybridized carbons (Fsp3) is 0.600. The molecule has 0 amide bonds. The Kier molecular flexibility index (Phi) is 6.67. The Balaban J connectivity index is 3.80. The van der Waals surface area contributed by atoms with E-state index < -0.39 is 6.17 Å². The first-order valence-corrected chi connectivity index (χ1v) is 4.38. The Morgan fingerprint density at radius 3 is 2.75 bits per heavy atom. The molecule has 0 bridgehead atoms. The van der Waals surface area contributed by atoms with Gasteiger partial charge in [0.1, 0.15) is 6.17 Å². The molecular weight excluding hydrogens is 153 g/mol. The first kappa shape index (κ1) is 11.4. The van der Waals surface area contributed by atoms with Crippen LogP contribution in [-0.2, 0) is 0 Å². The molecule has 12 heavy (non-hydrogen) atoms. The number of hydrogen-bond donors (Lipinski definition) is 1. The second kappa shape index (κ2) is 7.04. The zero-order valence-electron chi connectivity index (χ0n) is 7.94. The molecule has 0 fully saturated rings. The van der Waals surface area contributed by atoms with E-state index in [2.05, 4.69) is 18.8 Å². The third-order valence-corrected chi connectivity index (χ3v) is 1.60. The number of rotatable bonds is 6. The molecule has 1 unspecified atom stereocenters. The van der Waals surface area contributed by atoms with Crippen LogP contribution in [0.3, 0.4) is 0 Å². The molecule has 0 aliphatic carbocycles. The lowest BCUT2D eigenvalue weighted by Crippen LogP contribution is -2.21. The maximum Gasteiger partial charge on any atom is 0.120 e. The molecule has 70 valence electrons. The summed E-state index contributed by atoms with van der Waals surface area (Å²) in [6.45, 7) is 8.73. The van der Waals surface area contributed by atoms with Gasteiger partial charge in [-0.3, -0.25) is 0 Å². The van der Waals surface area contributed by atoms with Gasteiger partial charge in [-0.15, -0.1) is 0 Å². The van der Waals surface area contributed by atoms with E-state index in [1.807, 2.05) is 0 Å². The molecule has 0 aromatic rings. The molecule has 0 aromatic carbocycles. The van der Waals surface area contributed by atoms with Gasteiger partial charge in [-0.1, -0.05) is 25.7 Å². The zero-order valence-corrected chi connectivity index (χ0v) is 7.94. The second-order valence-electron chi connectivity index (χ2n) is 2.77. The van der Waals surface area contributed by atoms with Crippen molar-refractivity contribution in [2.75, 3.05) is 13.1 Å². The molecule has 2 heteroatoms. The molecular formula is C10H18FN. The molecule has 1 nitrogen and oxygen atoms in total. The third kappa shape index (κ3) is 5.08. The zero-order chi connectivity index (χ0) is 9.40. The quantitative estimate of drug-likeness (QED) is 0.478. The van der Waals surface area contributed by atoms with Gasteiger partial charge < -0.3 is 5.32 Å². The van der Waals surface area contributed by atoms with Crippen molar-refractivity contribution in [3.63, 3.8) is 0 Å². The second-order valence-corrected chi connectivity index (χ2v) is 2.77. The van der Waals surface area contributed by atoms with Gasteiger partial charge in [-0.2, -0.15) is 0 Å². The summed E-state index contributed by atoms with van der Waals surface area (Å²) in [7, 11) is 0. The summed E-state index contributed by atoms with van der Waals surface area (Å²) < 4.78 is 12.8. The fourth-order valence-corrected chi connectivity index (χ4v) is 0.893. The van der Waals surface area contributed by atoms with Crippen LogP contribution in [0.25, 0.3) is 0 Å².